The van der Waals surface area contributed by atoms with Crippen molar-refractivity contribution in [1.29, 1.82) is 0 Å². The van der Waals surface area contributed by atoms with Gasteiger partial charge in [-0.15, -0.1) is 0 Å². The van der Waals surface area contributed by atoms with E-state index in [0.717, 1.165) is 16.7 Å². The molecule has 0 heterocycles. The summed E-state index contributed by atoms with van der Waals surface area (Å²) in [5.74, 6) is 1.22. The van der Waals surface area contributed by atoms with Gasteiger partial charge in [0.05, 0.1) is 7.11 Å². The first-order chi connectivity index (χ1) is 13.2. The van der Waals surface area contributed by atoms with Gasteiger partial charge in [-0.2, -0.15) is 0 Å². The van der Waals surface area contributed by atoms with Crippen LogP contribution in [0, 0.1) is 6.92 Å². The molecule has 0 aliphatic carbocycles. The third kappa shape index (κ3) is 5.11. The Morgan fingerprint density at radius 2 is 1.63 bits per heavy atom. The van der Waals surface area contributed by atoms with Gasteiger partial charge in [0, 0.05) is 12.1 Å². The Morgan fingerprint density at radius 1 is 0.889 bits per heavy atom. The lowest BCUT2D eigenvalue weighted by molar-refractivity contribution is 0.0951. The van der Waals surface area contributed by atoms with E-state index in [-0.39, 0.29) is 5.91 Å². The minimum Gasteiger partial charge on any atom is -0.493 e. The average Bonchev–Trinajstić information content (AvgIpc) is 2.72. The fraction of sp³-hybridized carbons (Fsp3) is 0.174. The molecule has 138 valence electrons. The van der Waals surface area contributed by atoms with E-state index in [9.17, 15) is 4.79 Å². The zero-order valence-corrected chi connectivity index (χ0v) is 15.6. The van der Waals surface area contributed by atoms with Crippen molar-refractivity contribution in [2.45, 2.75) is 20.1 Å². The van der Waals surface area contributed by atoms with E-state index in [1.165, 1.54) is 0 Å². The summed E-state index contributed by atoms with van der Waals surface area (Å²) < 4.78 is 11.3. The number of nitrogens with one attached hydrogen (secondary N) is 1. The highest BCUT2D eigenvalue weighted by Gasteiger charge is 2.09. The van der Waals surface area contributed by atoms with Crippen molar-refractivity contribution in [3.63, 3.8) is 0 Å². The highest BCUT2D eigenvalue weighted by Crippen LogP contribution is 2.28. The maximum absolute atomic E-state index is 12.2. The van der Waals surface area contributed by atoms with E-state index >= 15 is 0 Å². The molecule has 27 heavy (non-hydrogen) atoms. The van der Waals surface area contributed by atoms with E-state index in [4.69, 9.17) is 9.47 Å². The molecule has 0 aliphatic heterocycles. The molecule has 0 aliphatic rings. The highest BCUT2D eigenvalue weighted by molar-refractivity contribution is 5.94. The van der Waals surface area contributed by atoms with Gasteiger partial charge in [-0.1, -0.05) is 54.1 Å². The van der Waals surface area contributed by atoms with Crippen LogP contribution < -0.4 is 14.8 Å². The fourth-order valence-corrected chi connectivity index (χ4v) is 2.67. The van der Waals surface area contributed by atoms with Crippen LogP contribution in [0.5, 0.6) is 11.5 Å². The SMILES string of the molecule is COc1cc(CNC(=O)c2ccc(C)cc2)ccc1OCc1ccccc1. The van der Waals surface area contributed by atoms with Crippen LogP contribution in [0.4, 0.5) is 0 Å². The molecule has 1 amide bonds. The van der Waals surface area contributed by atoms with Crippen molar-refractivity contribution in [3.8, 4) is 11.5 Å². The smallest absolute Gasteiger partial charge is 0.251 e. The predicted octanol–water partition coefficient (Wildman–Crippen LogP) is 4.51. The van der Waals surface area contributed by atoms with Crippen molar-refractivity contribution in [1.82, 2.24) is 5.32 Å². The van der Waals surface area contributed by atoms with Crippen LogP contribution in [-0.2, 0) is 13.2 Å². The molecule has 3 aromatic carbocycles. The summed E-state index contributed by atoms with van der Waals surface area (Å²) in [6, 6.07) is 23.2. The van der Waals surface area contributed by atoms with Gasteiger partial charge < -0.3 is 14.8 Å². The topological polar surface area (TPSA) is 47.6 Å². The Labute approximate surface area is 159 Å². The van der Waals surface area contributed by atoms with Gasteiger partial charge in [-0.3, -0.25) is 4.79 Å². The molecule has 4 heteroatoms. The van der Waals surface area contributed by atoms with Crippen molar-refractivity contribution in [3.05, 3.63) is 95.1 Å². The van der Waals surface area contributed by atoms with Crippen LogP contribution in [-0.4, -0.2) is 13.0 Å². The van der Waals surface area contributed by atoms with E-state index < -0.39 is 0 Å². The molecule has 0 fully saturated rings. The first kappa shape index (κ1) is 18.5. The molecule has 0 saturated carbocycles. The fourth-order valence-electron chi connectivity index (χ4n) is 2.67. The molecule has 0 radical (unpaired) electrons. The lowest BCUT2D eigenvalue weighted by atomic mass is 10.1. The number of hydrogen-bond donors (Lipinski definition) is 1. The summed E-state index contributed by atoms with van der Waals surface area (Å²) in [5, 5.41) is 2.93. The largest absolute Gasteiger partial charge is 0.493 e. The lowest BCUT2D eigenvalue weighted by Crippen LogP contribution is -2.22. The second-order valence-corrected chi connectivity index (χ2v) is 6.31. The number of ether oxygens (including phenoxy) is 2. The molecular weight excluding hydrogens is 338 g/mol. The van der Waals surface area contributed by atoms with E-state index in [2.05, 4.69) is 5.32 Å². The summed E-state index contributed by atoms with van der Waals surface area (Å²) in [5.41, 5.74) is 3.81. The van der Waals surface area contributed by atoms with Crippen LogP contribution in [0.15, 0.2) is 72.8 Å². The maximum atomic E-state index is 12.2. The summed E-state index contributed by atoms with van der Waals surface area (Å²) in [6.07, 6.45) is 0. The lowest BCUT2D eigenvalue weighted by Gasteiger charge is -2.13. The average molecular weight is 361 g/mol. The van der Waals surface area contributed by atoms with Crippen molar-refractivity contribution < 1.29 is 14.3 Å². The normalized spacial score (nSPS) is 10.3. The number of hydrogen-bond acceptors (Lipinski definition) is 3. The summed E-state index contributed by atoms with van der Waals surface area (Å²) in [7, 11) is 1.61. The molecule has 3 rings (SSSR count). The number of aryl methyl sites for hydroxylation is 1. The van der Waals surface area contributed by atoms with Crippen molar-refractivity contribution in [2.75, 3.05) is 7.11 Å². The number of carbonyl (C=O) groups excluding carboxylic acids is 1. The Hall–Kier alpha value is -3.27. The third-order valence-electron chi connectivity index (χ3n) is 4.23. The van der Waals surface area contributed by atoms with Crippen LogP contribution in [0.2, 0.25) is 0 Å². The van der Waals surface area contributed by atoms with Crippen molar-refractivity contribution >= 4 is 5.91 Å². The molecule has 0 saturated heterocycles. The van der Waals surface area contributed by atoms with Gasteiger partial charge in [0.15, 0.2) is 11.5 Å². The summed E-state index contributed by atoms with van der Waals surface area (Å²) in [6.45, 7) is 2.89. The Bertz CT molecular complexity index is 889. The number of amides is 1. The molecule has 0 aromatic heterocycles. The van der Waals surface area contributed by atoms with Gasteiger partial charge in [0.2, 0.25) is 0 Å². The van der Waals surface area contributed by atoms with Gasteiger partial charge in [-0.25, -0.2) is 0 Å². The van der Waals surface area contributed by atoms with E-state index in [1.54, 1.807) is 7.11 Å². The third-order valence-corrected chi connectivity index (χ3v) is 4.23. The van der Waals surface area contributed by atoms with E-state index in [0.29, 0.717) is 30.2 Å². The minimum absolute atomic E-state index is 0.0987. The molecule has 4 nitrogen and oxygen atoms in total. The van der Waals surface area contributed by atoms with Crippen LogP contribution >= 0.6 is 0 Å². The first-order valence-corrected chi connectivity index (χ1v) is 8.84. The molecule has 0 unspecified atom stereocenters. The minimum atomic E-state index is -0.0987. The quantitative estimate of drug-likeness (QED) is 0.673. The zero-order chi connectivity index (χ0) is 19.1. The second-order valence-electron chi connectivity index (χ2n) is 6.31. The predicted molar refractivity (Wildman–Crippen MR) is 106 cm³/mol. The number of benzene rings is 3. The molecule has 0 spiro atoms. The Morgan fingerprint density at radius 3 is 2.33 bits per heavy atom. The van der Waals surface area contributed by atoms with Gasteiger partial charge >= 0.3 is 0 Å². The highest BCUT2D eigenvalue weighted by atomic mass is 16.5. The molecule has 1 N–H and O–H groups in total. The zero-order valence-electron chi connectivity index (χ0n) is 15.6. The monoisotopic (exact) mass is 361 g/mol. The molecule has 3 aromatic rings. The summed E-state index contributed by atoms with van der Waals surface area (Å²) >= 11 is 0. The Kier molecular flexibility index (Phi) is 6.10. The van der Waals surface area contributed by atoms with Gasteiger partial charge in [-0.05, 0) is 42.3 Å². The van der Waals surface area contributed by atoms with Crippen LogP contribution in [0.1, 0.15) is 27.0 Å². The standard InChI is InChI=1S/C23H23NO3/c1-17-8-11-20(12-9-17)23(25)24-15-19-10-13-21(22(14-19)26-2)27-16-18-6-4-3-5-7-18/h3-14H,15-16H2,1-2H3,(H,24,25). The number of rotatable bonds is 7. The van der Waals surface area contributed by atoms with Gasteiger partial charge in [0.1, 0.15) is 6.61 Å². The Balaban J connectivity index is 1.61. The van der Waals surface area contributed by atoms with Crippen LogP contribution in [0.3, 0.4) is 0 Å². The molecule has 0 bridgehead atoms. The van der Waals surface area contributed by atoms with Gasteiger partial charge in [0.25, 0.3) is 5.91 Å². The maximum Gasteiger partial charge on any atom is 0.251 e. The molecular formula is C23H23NO3. The van der Waals surface area contributed by atoms with Crippen LogP contribution in [0.25, 0.3) is 0 Å². The van der Waals surface area contributed by atoms with E-state index in [1.807, 2.05) is 79.7 Å². The van der Waals surface area contributed by atoms with Crippen molar-refractivity contribution in [2.24, 2.45) is 0 Å². The number of methoxy groups -OCH3 is 1. The molecule has 0 atom stereocenters. The first-order valence-electron chi connectivity index (χ1n) is 8.84. The summed E-state index contributed by atoms with van der Waals surface area (Å²) in [4.78, 5) is 12.2. The second kappa shape index (κ2) is 8.90. The number of carbonyl (C=O) groups is 1.